The zero-order valence-corrected chi connectivity index (χ0v) is 19.3. The van der Waals surface area contributed by atoms with Gasteiger partial charge in [-0.15, -0.1) is 0 Å². The first-order valence-electron chi connectivity index (χ1n) is 10.3. The summed E-state index contributed by atoms with van der Waals surface area (Å²) in [7, 11) is 0. The van der Waals surface area contributed by atoms with Gasteiger partial charge >= 0.3 is 0 Å². The zero-order chi connectivity index (χ0) is 23.1. The van der Waals surface area contributed by atoms with Crippen molar-refractivity contribution in [1.29, 1.82) is 0 Å². The van der Waals surface area contributed by atoms with Gasteiger partial charge in [0.25, 0.3) is 0 Å². The number of thioether (sulfide) groups is 1. The third-order valence-corrected chi connectivity index (χ3v) is 5.95. The van der Waals surface area contributed by atoms with E-state index < -0.39 is 0 Å². The molecular weight excluding hydrogens is 424 g/mol. The highest BCUT2D eigenvalue weighted by Gasteiger charge is 2.15. The summed E-state index contributed by atoms with van der Waals surface area (Å²) < 4.78 is 1.64. The average Bonchev–Trinajstić information content (AvgIpc) is 3.15. The van der Waals surface area contributed by atoms with Gasteiger partial charge < -0.3 is 20.3 Å². The number of benzene rings is 2. The van der Waals surface area contributed by atoms with Crippen molar-refractivity contribution in [2.24, 2.45) is 0 Å². The van der Waals surface area contributed by atoms with Crippen molar-refractivity contribution in [3.63, 3.8) is 0 Å². The Labute approximate surface area is 192 Å². The normalized spacial score (nSPS) is 10.8. The van der Waals surface area contributed by atoms with Crippen LogP contribution in [0.3, 0.4) is 0 Å². The predicted molar refractivity (Wildman–Crippen MR) is 126 cm³/mol. The quantitative estimate of drug-likeness (QED) is 0.433. The molecular formula is C24H28N4O3S. The molecule has 0 bridgehead atoms. The largest absolute Gasteiger partial charge is 0.390 e. The summed E-state index contributed by atoms with van der Waals surface area (Å²) in [6.07, 6.45) is 1.53. The van der Waals surface area contributed by atoms with Crippen LogP contribution < -0.4 is 10.6 Å². The minimum atomic E-state index is -0.243. The maximum atomic E-state index is 12.5. The van der Waals surface area contributed by atoms with Crippen LogP contribution in [0.4, 0.5) is 5.69 Å². The van der Waals surface area contributed by atoms with E-state index in [1.165, 1.54) is 18.0 Å². The lowest BCUT2D eigenvalue weighted by atomic mass is 10.1. The number of hydrogen-bond acceptors (Lipinski definition) is 5. The van der Waals surface area contributed by atoms with E-state index in [2.05, 4.69) is 15.6 Å². The van der Waals surface area contributed by atoms with Gasteiger partial charge in [0.2, 0.25) is 11.8 Å². The van der Waals surface area contributed by atoms with Crippen molar-refractivity contribution >= 4 is 29.3 Å². The second-order valence-corrected chi connectivity index (χ2v) is 8.64. The molecule has 0 fully saturated rings. The topological polar surface area (TPSA) is 96.2 Å². The van der Waals surface area contributed by atoms with E-state index in [4.69, 9.17) is 0 Å². The second kappa shape index (κ2) is 11.0. The molecule has 2 aromatic carbocycles. The number of imidazole rings is 1. The summed E-state index contributed by atoms with van der Waals surface area (Å²) in [4.78, 5) is 29.2. The first kappa shape index (κ1) is 23.6. The second-order valence-electron chi connectivity index (χ2n) is 7.69. The fourth-order valence-electron chi connectivity index (χ4n) is 3.18. The summed E-state index contributed by atoms with van der Waals surface area (Å²) >= 11 is 1.23. The van der Waals surface area contributed by atoms with Crippen LogP contribution in [-0.4, -0.2) is 32.2 Å². The van der Waals surface area contributed by atoms with E-state index in [1.54, 1.807) is 4.57 Å². The van der Waals surface area contributed by atoms with E-state index in [0.717, 1.165) is 27.9 Å². The molecule has 0 aliphatic heterocycles. The van der Waals surface area contributed by atoms with Crippen LogP contribution in [0, 0.1) is 20.8 Å². The monoisotopic (exact) mass is 452 g/mol. The molecule has 0 saturated carbocycles. The lowest BCUT2D eigenvalue weighted by Gasteiger charge is -2.12. The van der Waals surface area contributed by atoms with E-state index in [1.807, 2.05) is 63.2 Å². The smallest absolute Gasteiger partial charge is 0.240 e. The molecule has 8 heteroatoms. The predicted octanol–water partition coefficient (Wildman–Crippen LogP) is 3.35. The van der Waals surface area contributed by atoms with Crippen LogP contribution in [0.2, 0.25) is 0 Å². The number of aliphatic hydroxyl groups excluding tert-OH is 1. The van der Waals surface area contributed by atoms with Gasteiger partial charge in [-0.1, -0.05) is 59.3 Å². The number of nitrogens with zero attached hydrogens (tertiary/aromatic N) is 2. The standard InChI is InChI=1S/C24H28N4O3S/c1-16-4-7-19(8-5-16)11-25-22(30)13-28-20(14-29)12-26-24(28)32-15-23(31)27-21-9-6-17(2)10-18(21)3/h4-10,12,29H,11,13-15H2,1-3H3,(H,25,30)(H,27,31). The van der Waals surface area contributed by atoms with Gasteiger partial charge in [0.1, 0.15) is 6.54 Å². The number of rotatable bonds is 9. The Morgan fingerprint density at radius 3 is 2.44 bits per heavy atom. The summed E-state index contributed by atoms with van der Waals surface area (Å²) in [6.45, 7) is 6.16. The van der Waals surface area contributed by atoms with Crippen LogP contribution in [0.5, 0.6) is 0 Å². The molecule has 3 aromatic rings. The third kappa shape index (κ3) is 6.45. The molecule has 0 atom stereocenters. The summed E-state index contributed by atoms with van der Waals surface area (Å²) in [5.74, 6) is -0.217. The van der Waals surface area contributed by atoms with Crippen LogP contribution in [0.25, 0.3) is 0 Å². The number of hydrogen-bond donors (Lipinski definition) is 3. The number of amides is 2. The molecule has 168 valence electrons. The Bertz CT molecular complexity index is 1090. The van der Waals surface area contributed by atoms with Crippen molar-refractivity contribution in [2.75, 3.05) is 11.1 Å². The Morgan fingerprint density at radius 1 is 1.03 bits per heavy atom. The fourth-order valence-corrected chi connectivity index (χ4v) is 3.98. The molecule has 0 aliphatic rings. The van der Waals surface area contributed by atoms with E-state index >= 15 is 0 Å². The summed E-state index contributed by atoms with van der Waals surface area (Å²) in [5, 5.41) is 15.9. The maximum Gasteiger partial charge on any atom is 0.240 e. The lowest BCUT2D eigenvalue weighted by Crippen LogP contribution is -2.28. The molecule has 7 nitrogen and oxygen atoms in total. The molecule has 0 saturated heterocycles. The van der Waals surface area contributed by atoms with Crippen molar-refractivity contribution in [2.45, 2.75) is 45.6 Å². The van der Waals surface area contributed by atoms with Gasteiger partial charge in [-0.3, -0.25) is 9.59 Å². The highest BCUT2D eigenvalue weighted by Crippen LogP contribution is 2.21. The van der Waals surface area contributed by atoms with Gasteiger partial charge in [0.15, 0.2) is 5.16 Å². The van der Waals surface area contributed by atoms with Crippen LogP contribution in [0.1, 0.15) is 27.9 Å². The molecule has 32 heavy (non-hydrogen) atoms. The Hall–Kier alpha value is -3.10. The number of anilines is 1. The molecule has 3 rings (SSSR count). The molecule has 3 N–H and O–H groups in total. The van der Waals surface area contributed by atoms with Gasteiger partial charge in [0.05, 0.1) is 24.3 Å². The SMILES string of the molecule is Cc1ccc(CNC(=O)Cn2c(CO)cnc2SCC(=O)Nc2ccc(C)cc2C)cc1. The fraction of sp³-hybridized carbons (Fsp3) is 0.292. The summed E-state index contributed by atoms with van der Waals surface area (Å²) in [6, 6.07) is 13.8. The maximum absolute atomic E-state index is 12.5. The number of nitrogens with one attached hydrogen (secondary N) is 2. The minimum absolute atomic E-state index is 0.0166. The molecule has 0 radical (unpaired) electrons. The van der Waals surface area contributed by atoms with Gasteiger partial charge in [0, 0.05) is 12.2 Å². The Kier molecular flexibility index (Phi) is 8.08. The molecule has 0 aliphatic carbocycles. The van der Waals surface area contributed by atoms with Crippen molar-refractivity contribution < 1.29 is 14.7 Å². The molecule has 1 heterocycles. The van der Waals surface area contributed by atoms with Crippen LogP contribution >= 0.6 is 11.8 Å². The minimum Gasteiger partial charge on any atom is -0.390 e. The first-order chi connectivity index (χ1) is 15.4. The Balaban J connectivity index is 1.58. The zero-order valence-electron chi connectivity index (χ0n) is 18.5. The van der Waals surface area contributed by atoms with Gasteiger partial charge in [-0.05, 0) is 38.0 Å². The van der Waals surface area contributed by atoms with Gasteiger partial charge in [-0.2, -0.15) is 0 Å². The van der Waals surface area contributed by atoms with Crippen LogP contribution in [0.15, 0.2) is 53.8 Å². The number of carbonyl (C=O) groups excluding carboxylic acids is 2. The highest BCUT2D eigenvalue weighted by atomic mass is 32.2. The van der Waals surface area contributed by atoms with Crippen molar-refractivity contribution in [1.82, 2.24) is 14.9 Å². The number of aliphatic hydroxyl groups is 1. The van der Waals surface area contributed by atoms with E-state index in [0.29, 0.717) is 17.4 Å². The molecule has 1 aromatic heterocycles. The molecule has 0 spiro atoms. The molecule has 2 amide bonds. The number of aryl methyl sites for hydroxylation is 3. The number of aromatic nitrogens is 2. The Morgan fingerprint density at radius 2 is 1.75 bits per heavy atom. The summed E-state index contributed by atoms with van der Waals surface area (Å²) in [5.41, 5.74) is 5.60. The molecule has 0 unspecified atom stereocenters. The van der Waals surface area contributed by atoms with E-state index in [9.17, 15) is 14.7 Å². The lowest BCUT2D eigenvalue weighted by molar-refractivity contribution is -0.122. The van der Waals surface area contributed by atoms with Crippen molar-refractivity contribution in [3.8, 4) is 0 Å². The first-order valence-corrected chi connectivity index (χ1v) is 11.3. The van der Waals surface area contributed by atoms with Crippen molar-refractivity contribution in [3.05, 3.63) is 76.6 Å². The third-order valence-electron chi connectivity index (χ3n) is 4.96. The van der Waals surface area contributed by atoms with Gasteiger partial charge in [-0.25, -0.2) is 4.98 Å². The number of carbonyl (C=O) groups is 2. The van der Waals surface area contributed by atoms with E-state index in [-0.39, 0.29) is 30.7 Å². The highest BCUT2D eigenvalue weighted by molar-refractivity contribution is 7.99. The van der Waals surface area contributed by atoms with Crippen LogP contribution in [-0.2, 0) is 29.3 Å². The average molecular weight is 453 g/mol.